The predicted molar refractivity (Wildman–Crippen MR) is 108 cm³/mol. The van der Waals surface area contributed by atoms with Crippen molar-refractivity contribution in [2.75, 3.05) is 11.9 Å². The number of fused-ring (bicyclic) bond motifs is 4. The zero-order valence-electron chi connectivity index (χ0n) is 16.7. The zero-order chi connectivity index (χ0) is 22.8. The minimum Gasteiger partial charge on any atom is -0.462 e. The Kier molecular flexibility index (Phi) is 4.07. The van der Waals surface area contributed by atoms with E-state index in [9.17, 15) is 23.6 Å². The molecule has 160 valence electrons. The summed E-state index contributed by atoms with van der Waals surface area (Å²) in [5.41, 5.74) is 3.16. The van der Waals surface area contributed by atoms with Crippen molar-refractivity contribution in [1.29, 1.82) is 0 Å². The third kappa shape index (κ3) is 2.30. The van der Waals surface area contributed by atoms with Gasteiger partial charge in [0.05, 0.1) is 12.2 Å². The molecule has 2 aromatic carbocycles. The number of benzene rings is 2. The number of ether oxygens (including phenoxy) is 2. The van der Waals surface area contributed by atoms with E-state index in [4.69, 9.17) is 15.2 Å². The number of ketones is 2. The van der Waals surface area contributed by atoms with Crippen LogP contribution in [0.25, 0.3) is 0 Å². The molecule has 0 fully saturated rings. The lowest BCUT2D eigenvalue weighted by molar-refractivity contribution is -0.140. The Hall–Kier alpha value is -4.27. The standard InChI is InChI=1S/C23H15FN2O6/c1-2-31-21(29)16-20(25)32-19-15(17(27)11-5-3-4-6-12(11)18(19)28)23(16)13-9-10(24)7-8-14(13)26-22(23)30/h3-9H,2,25H2,1H3,(H,26,30). The molecule has 1 atom stereocenters. The fraction of sp³-hybridized carbons (Fsp3) is 0.130. The number of hydrogen-bond donors (Lipinski definition) is 2. The molecule has 0 bridgehead atoms. The Labute approximate surface area is 180 Å². The Morgan fingerprint density at radius 1 is 1.12 bits per heavy atom. The van der Waals surface area contributed by atoms with Crippen molar-refractivity contribution in [3.8, 4) is 0 Å². The highest BCUT2D eigenvalue weighted by Crippen LogP contribution is 2.54. The van der Waals surface area contributed by atoms with Crippen LogP contribution in [0.3, 0.4) is 0 Å². The number of allylic oxidation sites excluding steroid dienone is 1. The molecule has 2 aromatic rings. The second-order valence-corrected chi connectivity index (χ2v) is 7.36. The van der Waals surface area contributed by atoms with Crippen molar-refractivity contribution in [3.05, 3.63) is 87.8 Å². The van der Waals surface area contributed by atoms with Crippen molar-refractivity contribution in [1.82, 2.24) is 0 Å². The van der Waals surface area contributed by atoms with Gasteiger partial charge in [-0.25, -0.2) is 9.18 Å². The summed E-state index contributed by atoms with van der Waals surface area (Å²) in [6, 6.07) is 9.45. The second-order valence-electron chi connectivity index (χ2n) is 7.36. The molecule has 8 nitrogen and oxygen atoms in total. The van der Waals surface area contributed by atoms with Crippen LogP contribution in [0.15, 0.2) is 65.3 Å². The maximum Gasteiger partial charge on any atom is 0.341 e. The summed E-state index contributed by atoms with van der Waals surface area (Å²) in [6.45, 7) is 1.48. The van der Waals surface area contributed by atoms with Gasteiger partial charge in [-0.15, -0.1) is 0 Å². The quantitative estimate of drug-likeness (QED) is 0.694. The topological polar surface area (TPSA) is 125 Å². The number of hydrogen-bond acceptors (Lipinski definition) is 7. The summed E-state index contributed by atoms with van der Waals surface area (Å²) in [4.78, 5) is 53.4. The molecule has 32 heavy (non-hydrogen) atoms. The molecule has 3 aliphatic rings. The molecule has 1 aliphatic carbocycles. The van der Waals surface area contributed by atoms with Crippen LogP contribution in [-0.2, 0) is 24.5 Å². The van der Waals surface area contributed by atoms with Gasteiger partial charge in [-0.3, -0.25) is 14.4 Å². The fourth-order valence-corrected chi connectivity index (χ4v) is 4.49. The van der Waals surface area contributed by atoms with Gasteiger partial charge in [0.15, 0.2) is 11.5 Å². The molecule has 0 saturated carbocycles. The van der Waals surface area contributed by atoms with Crippen LogP contribution in [0.4, 0.5) is 10.1 Å². The first kappa shape index (κ1) is 19.7. The minimum atomic E-state index is -2.22. The molecule has 0 saturated heterocycles. The monoisotopic (exact) mass is 434 g/mol. The van der Waals surface area contributed by atoms with E-state index in [1.165, 1.54) is 18.2 Å². The van der Waals surface area contributed by atoms with Crippen molar-refractivity contribution in [2.24, 2.45) is 5.73 Å². The molecule has 2 heterocycles. The van der Waals surface area contributed by atoms with Gasteiger partial charge in [-0.05, 0) is 25.1 Å². The van der Waals surface area contributed by atoms with Gasteiger partial charge >= 0.3 is 5.97 Å². The average molecular weight is 434 g/mol. The van der Waals surface area contributed by atoms with Crippen LogP contribution in [0.5, 0.6) is 0 Å². The number of nitrogens with one attached hydrogen (secondary N) is 1. The third-order valence-corrected chi connectivity index (χ3v) is 5.74. The molecular weight excluding hydrogens is 419 g/mol. The van der Waals surface area contributed by atoms with E-state index in [1.54, 1.807) is 19.1 Å². The Balaban J connectivity index is 1.90. The highest BCUT2D eigenvalue weighted by atomic mass is 19.1. The van der Waals surface area contributed by atoms with Crippen LogP contribution in [0, 0.1) is 5.82 Å². The van der Waals surface area contributed by atoms with E-state index in [0.29, 0.717) is 0 Å². The molecule has 1 spiro atoms. The molecule has 1 amide bonds. The van der Waals surface area contributed by atoms with Crippen molar-refractivity contribution >= 4 is 29.1 Å². The van der Waals surface area contributed by atoms with Crippen LogP contribution in [0.2, 0.25) is 0 Å². The maximum atomic E-state index is 14.3. The lowest BCUT2D eigenvalue weighted by Gasteiger charge is -2.38. The summed E-state index contributed by atoms with van der Waals surface area (Å²) >= 11 is 0. The van der Waals surface area contributed by atoms with Crippen molar-refractivity contribution < 1.29 is 33.0 Å². The first-order chi connectivity index (χ1) is 15.3. The molecule has 1 unspecified atom stereocenters. The summed E-state index contributed by atoms with van der Waals surface area (Å²) in [5.74, 6) is -5.04. The minimum absolute atomic E-state index is 0.0283. The Morgan fingerprint density at radius 3 is 2.50 bits per heavy atom. The maximum absolute atomic E-state index is 14.3. The first-order valence-electron chi connectivity index (χ1n) is 9.72. The number of halogens is 1. The normalized spacial score (nSPS) is 21.1. The lowest BCUT2D eigenvalue weighted by atomic mass is 9.64. The predicted octanol–water partition coefficient (Wildman–Crippen LogP) is 2.11. The van der Waals surface area contributed by atoms with Gasteiger partial charge in [0.1, 0.15) is 16.8 Å². The molecule has 0 radical (unpaired) electrons. The van der Waals surface area contributed by atoms with Gasteiger partial charge in [0.2, 0.25) is 17.6 Å². The molecular formula is C23H15FN2O6. The number of Topliss-reactive ketones (excluding diaryl/α,β-unsaturated/α-hetero) is 2. The molecule has 2 aliphatic heterocycles. The van der Waals surface area contributed by atoms with E-state index in [0.717, 1.165) is 12.1 Å². The number of carbonyl (C=O) groups excluding carboxylic acids is 4. The summed E-state index contributed by atoms with van der Waals surface area (Å²) < 4.78 is 24.9. The largest absolute Gasteiger partial charge is 0.462 e. The average Bonchev–Trinajstić information content (AvgIpc) is 3.03. The van der Waals surface area contributed by atoms with E-state index in [1.807, 2.05) is 0 Å². The zero-order valence-corrected chi connectivity index (χ0v) is 16.7. The fourth-order valence-electron chi connectivity index (χ4n) is 4.49. The number of rotatable bonds is 2. The lowest BCUT2D eigenvalue weighted by Crippen LogP contribution is -2.50. The van der Waals surface area contributed by atoms with Gasteiger partial charge in [0, 0.05) is 22.4 Å². The Morgan fingerprint density at radius 2 is 1.81 bits per heavy atom. The van der Waals surface area contributed by atoms with E-state index < -0.39 is 57.5 Å². The first-order valence-corrected chi connectivity index (χ1v) is 9.72. The van der Waals surface area contributed by atoms with Gasteiger partial charge in [-0.2, -0.15) is 0 Å². The summed E-state index contributed by atoms with van der Waals surface area (Å²) in [6.07, 6.45) is 0. The van der Waals surface area contributed by atoms with Crippen molar-refractivity contribution in [2.45, 2.75) is 12.3 Å². The third-order valence-electron chi connectivity index (χ3n) is 5.74. The highest BCUT2D eigenvalue weighted by molar-refractivity contribution is 6.32. The van der Waals surface area contributed by atoms with Gasteiger partial charge in [-0.1, -0.05) is 24.3 Å². The SMILES string of the molecule is CCOC(=O)C1=C(N)OC2=C(C(=O)c3ccccc3C2=O)C12C(=O)Nc1ccc(F)cc12. The molecule has 3 N–H and O–H groups in total. The molecule has 9 heteroatoms. The summed E-state index contributed by atoms with van der Waals surface area (Å²) in [5, 5.41) is 2.57. The Bertz CT molecular complexity index is 1340. The number of esters is 1. The summed E-state index contributed by atoms with van der Waals surface area (Å²) in [7, 11) is 0. The van der Waals surface area contributed by atoms with E-state index >= 15 is 0 Å². The number of anilines is 1. The molecule has 0 aromatic heterocycles. The van der Waals surface area contributed by atoms with E-state index in [-0.39, 0.29) is 29.0 Å². The number of nitrogens with two attached hydrogens (primary N) is 1. The number of carbonyl (C=O) groups is 4. The van der Waals surface area contributed by atoms with Crippen LogP contribution in [0.1, 0.15) is 33.2 Å². The smallest absolute Gasteiger partial charge is 0.341 e. The number of amides is 1. The molecule has 5 rings (SSSR count). The van der Waals surface area contributed by atoms with Crippen molar-refractivity contribution in [3.63, 3.8) is 0 Å². The van der Waals surface area contributed by atoms with E-state index in [2.05, 4.69) is 5.32 Å². The second kappa shape index (κ2) is 6.61. The van der Waals surface area contributed by atoms with Gasteiger partial charge < -0.3 is 20.5 Å². The van der Waals surface area contributed by atoms with Crippen LogP contribution in [-0.4, -0.2) is 30.0 Å². The van der Waals surface area contributed by atoms with Crippen LogP contribution < -0.4 is 11.1 Å². The highest BCUT2D eigenvalue weighted by Gasteiger charge is 2.63. The van der Waals surface area contributed by atoms with Crippen LogP contribution >= 0.6 is 0 Å². The van der Waals surface area contributed by atoms with Gasteiger partial charge in [0.25, 0.3) is 0 Å².